The lowest BCUT2D eigenvalue weighted by Crippen LogP contribution is -2.10. The number of carbonyl (C=O) groups excluding carboxylic acids is 1. The number of amides is 1. The van der Waals surface area contributed by atoms with Crippen molar-refractivity contribution in [3.05, 3.63) is 33.1 Å². The Labute approximate surface area is 125 Å². The van der Waals surface area contributed by atoms with Crippen LogP contribution in [0.25, 0.3) is 0 Å². The number of nitrogens with zero attached hydrogens (tertiary/aromatic N) is 1. The van der Waals surface area contributed by atoms with Crippen LogP contribution in [0.2, 0.25) is 0 Å². The molecule has 0 bridgehead atoms. The number of aromatic carboxylic acids is 1. The molecular weight excluding hydrogens is 290 g/mol. The van der Waals surface area contributed by atoms with E-state index < -0.39 is 5.97 Å². The summed E-state index contributed by atoms with van der Waals surface area (Å²) in [6.07, 6.45) is 5.67. The molecule has 3 N–H and O–H groups in total. The average molecular weight is 305 g/mol. The molecule has 2 aromatic heterocycles. The fraction of sp³-hybridized carbons (Fsp3) is 0.357. The zero-order chi connectivity index (χ0) is 14.8. The summed E-state index contributed by atoms with van der Waals surface area (Å²) in [5.41, 5.74) is 1.23. The number of fused-ring (bicyclic) bond motifs is 1. The summed E-state index contributed by atoms with van der Waals surface area (Å²) in [7, 11) is 0. The third-order valence-electron chi connectivity index (χ3n) is 3.52. The third kappa shape index (κ3) is 2.97. The molecule has 0 aliphatic heterocycles. The number of aromatic amines is 1. The molecule has 0 radical (unpaired) electrons. The highest BCUT2D eigenvalue weighted by Gasteiger charge is 2.17. The number of hydrogen-bond acceptors (Lipinski definition) is 4. The molecule has 0 spiro atoms. The van der Waals surface area contributed by atoms with Gasteiger partial charge in [0.2, 0.25) is 0 Å². The van der Waals surface area contributed by atoms with E-state index in [-0.39, 0.29) is 17.4 Å². The van der Waals surface area contributed by atoms with Gasteiger partial charge in [0.15, 0.2) is 5.82 Å². The van der Waals surface area contributed by atoms with Crippen LogP contribution < -0.4 is 5.32 Å². The van der Waals surface area contributed by atoms with Crippen molar-refractivity contribution in [2.45, 2.75) is 32.1 Å². The van der Waals surface area contributed by atoms with Gasteiger partial charge in [-0.25, -0.2) is 4.79 Å². The SMILES string of the molecule is O=C(O)c1cc(NC(=O)c2cc3c(s2)CCCCC3)n[nH]1. The molecule has 0 fully saturated rings. The van der Waals surface area contributed by atoms with Gasteiger partial charge in [-0.05, 0) is 37.3 Å². The fourth-order valence-corrected chi connectivity index (χ4v) is 3.60. The van der Waals surface area contributed by atoms with Crippen LogP contribution in [0.5, 0.6) is 0 Å². The highest BCUT2D eigenvalue weighted by atomic mass is 32.1. The lowest BCUT2D eigenvalue weighted by Gasteiger charge is -1.98. The first kappa shape index (κ1) is 13.8. The number of rotatable bonds is 3. The van der Waals surface area contributed by atoms with Crippen molar-refractivity contribution in [2.75, 3.05) is 5.32 Å². The maximum absolute atomic E-state index is 12.2. The molecule has 7 heteroatoms. The predicted octanol–water partition coefficient (Wildman–Crippen LogP) is 2.69. The standard InChI is InChI=1S/C14H15N3O3S/c18-13(15-12-7-9(14(19)20)16-17-12)11-6-8-4-2-1-3-5-10(8)21-11/h6-7H,1-5H2,(H,19,20)(H2,15,16,17,18). The van der Waals surface area contributed by atoms with Crippen molar-refractivity contribution in [1.29, 1.82) is 0 Å². The second kappa shape index (κ2) is 5.69. The van der Waals surface area contributed by atoms with E-state index in [9.17, 15) is 9.59 Å². The molecule has 6 nitrogen and oxygen atoms in total. The summed E-state index contributed by atoms with van der Waals surface area (Å²) < 4.78 is 0. The van der Waals surface area contributed by atoms with Crippen molar-refractivity contribution >= 4 is 29.0 Å². The van der Waals surface area contributed by atoms with E-state index in [0.29, 0.717) is 4.88 Å². The number of nitrogens with one attached hydrogen (secondary N) is 2. The van der Waals surface area contributed by atoms with Crippen LogP contribution in [0.15, 0.2) is 12.1 Å². The Morgan fingerprint density at radius 3 is 2.81 bits per heavy atom. The molecule has 2 heterocycles. The summed E-state index contributed by atoms with van der Waals surface area (Å²) in [5, 5.41) is 17.6. The second-order valence-corrected chi connectivity index (χ2v) is 6.18. The van der Waals surface area contributed by atoms with E-state index in [0.717, 1.165) is 12.8 Å². The van der Waals surface area contributed by atoms with E-state index in [1.54, 1.807) is 0 Å². The summed E-state index contributed by atoms with van der Waals surface area (Å²) in [5.74, 6) is -1.12. The topological polar surface area (TPSA) is 95.1 Å². The normalized spacial score (nSPS) is 14.3. The van der Waals surface area contributed by atoms with Crippen LogP contribution in [0.1, 0.15) is 49.9 Å². The van der Waals surface area contributed by atoms with E-state index in [2.05, 4.69) is 15.5 Å². The molecular formula is C14H15N3O3S. The number of H-pyrrole nitrogens is 1. The minimum atomic E-state index is -1.11. The van der Waals surface area contributed by atoms with Crippen LogP contribution in [-0.4, -0.2) is 27.2 Å². The quantitative estimate of drug-likeness (QED) is 0.760. The number of aromatic nitrogens is 2. The lowest BCUT2D eigenvalue weighted by atomic mass is 10.1. The Balaban J connectivity index is 1.74. The van der Waals surface area contributed by atoms with E-state index in [1.807, 2.05) is 6.07 Å². The van der Waals surface area contributed by atoms with E-state index in [4.69, 9.17) is 5.11 Å². The number of carbonyl (C=O) groups is 2. The van der Waals surface area contributed by atoms with Gasteiger partial charge in [-0.1, -0.05) is 6.42 Å². The largest absolute Gasteiger partial charge is 0.477 e. The molecule has 1 aliphatic rings. The summed E-state index contributed by atoms with van der Waals surface area (Å²) in [4.78, 5) is 24.9. The zero-order valence-corrected chi connectivity index (χ0v) is 12.1. The van der Waals surface area contributed by atoms with Gasteiger partial charge in [-0.3, -0.25) is 9.89 Å². The van der Waals surface area contributed by atoms with Gasteiger partial charge in [0.1, 0.15) is 5.69 Å². The van der Waals surface area contributed by atoms with Gasteiger partial charge in [-0.15, -0.1) is 11.3 Å². The van der Waals surface area contributed by atoms with Crippen molar-refractivity contribution in [3.8, 4) is 0 Å². The number of hydrogen-bond donors (Lipinski definition) is 3. The molecule has 0 saturated carbocycles. The second-order valence-electron chi connectivity index (χ2n) is 5.05. The van der Waals surface area contributed by atoms with Crippen LogP contribution in [0.3, 0.4) is 0 Å². The van der Waals surface area contributed by atoms with E-state index in [1.165, 1.54) is 47.1 Å². The average Bonchev–Trinajstić information content (AvgIpc) is 3.01. The molecule has 0 saturated heterocycles. The maximum atomic E-state index is 12.2. The highest BCUT2D eigenvalue weighted by Crippen LogP contribution is 2.29. The Bertz CT molecular complexity index is 666. The third-order valence-corrected chi connectivity index (χ3v) is 4.76. The van der Waals surface area contributed by atoms with Crippen molar-refractivity contribution in [1.82, 2.24) is 10.2 Å². The first-order chi connectivity index (χ1) is 10.1. The van der Waals surface area contributed by atoms with Gasteiger partial charge in [0, 0.05) is 10.9 Å². The fourth-order valence-electron chi connectivity index (χ4n) is 2.45. The molecule has 1 aliphatic carbocycles. The molecule has 2 aromatic rings. The van der Waals surface area contributed by atoms with Crippen molar-refractivity contribution in [3.63, 3.8) is 0 Å². The minimum Gasteiger partial charge on any atom is -0.477 e. The smallest absolute Gasteiger partial charge is 0.353 e. The maximum Gasteiger partial charge on any atom is 0.353 e. The van der Waals surface area contributed by atoms with Gasteiger partial charge in [-0.2, -0.15) is 5.10 Å². The van der Waals surface area contributed by atoms with Gasteiger partial charge in [0.05, 0.1) is 4.88 Å². The summed E-state index contributed by atoms with van der Waals surface area (Å²) in [6.45, 7) is 0. The Kier molecular flexibility index (Phi) is 3.74. The Morgan fingerprint density at radius 2 is 2.05 bits per heavy atom. The Morgan fingerprint density at radius 1 is 1.24 bits per heavy atom. The first-order valence-corrected chi connectivity index (χ1v) is 7.67. The van der Waals surface area contributed by atoms with Crippen LogP contribution in [0.4, 0.5) is 5.82 Å². The molecule has 21 heavy (non-hydrogen) atoms. The lowest BCUT2D eigenvalue weighted by molar-refractivity contribution is 0.0690. The molecule has 0 aromatic carbocycles. The molecule has 3 rings (SSSR count). The number of aryl methyl sites for hydroxylation is 2. The first-order valence-electron chi connectivity index (χ1n) is 6.85. The van der Waals surface area contributed by atoms with Crippen molar-refractivity contribution in [2.24, 2.45) is 0 Å². The highest BCUT2D eigenvalue weighted by molar-refractivity contribution is 7.14. The van der Waals surface area contributed by atoms with Crippen molar-refractivity contribution < 1.29 is 14.7 Å². The van der Waals surface area contributed by atoms with Crippen LogP contribution in [0, 0.1) is 0 Å². The van der Waals surface area contributed by atoms with Crippen LogP contribution in [-0.2, 0) is 12.8 Å². The molecule has 0 atom stereocenters. The van der Waals surface area contributed by atoms with Gasteiger partial charge >= 0.3 is 5.97 Å². The number of carboxylic acids is 1. The number of carboxylic acid groups (broad SMARTS) is 1. The molecule has 110 valence electrons. The monoisotopic (exact) mass is 305 g/mol. The minimum absolute atomic E-state index is 0.0488. The summed E-state index contributed by atoms with van der Waals surface area (Å²) in [6, 6.07) is 3.25. The van der Waals surface area contributed by atoms with Gasteiger partial charge < -0.3 is 10.4 Å². The molecule has 0 unspecified atom stereocenters. The molecule has 1 amide bonds. The van der Waals surface area contributed by atoms with E-state index >= 15 is 0 Å². The zero-order valence-electron chi connectivity index (χ0n) is 11.3. The number of anilines is 1. The summed E-state index contributed by atoms with van der Waals surface area (Å²) >= 11 is 1.52. The van der Waals surface area contributed by atoms with Gasteiger partial charge in [0.25, 0.3) is 5.91 Å². The van der Waals surface area contributed by atoms with Crippen LogP contribution >= 0.6 is 11.3 Å². The number of thiophene rings is 1. The Hall–Kier alpha value is -2.15. The predicted molar refractivity (Wildman–Crippen MR) is 79.1 cm³/mol.